The van der Waals surface area contributed by atoms with Crippen molar-refractivity contribution < 1.29 is 4.42 Å². The smallest absolute Gasteiger partial charge is 0.201 e. The van der Waals surface area contributed by atoms with E-state index in [0.29, 0.717) is 21.6 Å². The van der Waals surface area contributed by atoms with Gasteiger partial charge in [0, 0.05) is 12.1 Å². The Bertz CT molecular complexity index is 888. The summed E-state index contributed by atoms with van der Waals surface area (Å²) >= 11 is 5.93. The molecule has 0 bridgehead atoms. The topological polar surface area (TPSA) is 45.8 Å². The van der Waals surface area contributed by atoms with Gasteiger partial charge in [0.1, 0.15) is 11.8 Å². The molecule has 3 aromatic rings. The highest BCUT2D eigenvalue weighted by Crippen LogP contribution is 2.17. The summed E-state index contributed by atoms with van der Waals surface area (Å²) in [6.07, 6.45) is 2.89. The molecule has 0 aliphatic rings. The highest BCUT2D eigenvalue weighted by molar-refractivity contribution is 6.31. The van der Waals surface area contributed by atoms with Gasteiger partial charge in [0.15, 0.2) is 0 Å². The Kier molecular flexibility index (Phi) is 3.94. The summed E-state index contributed by atoms with van der Waals surface area (Å²) in [6, 6.07) is 14.6. The van der Waals surface area contributed by atoms with Crippen LogP contribution in [0.25, 0.3) is 11.0 Å². The molecule has 110 valence electrons. The van der Waals surface area contributed by atoms with Crippen LogP contribution in [-0.2, 0) is 0 Å². The molecule has 0 fully saturated rings. The number of hydrazone groups is 1. The van der Waals surface area contributed by atoms with E-state index in [1.165, 1.54) is 12.5 Å². The Morgan fingerprint density at radius 3 is 2.73 bits per heavy atom. The maximum Gasteiger partial charge on any atom is 0.201 e. The third-order valence-electron chi connectivity index (χ3n) is 3.26. The molecule has 4 nitrogen and oxygen atoms in total. The Morgan fingerprint density at radius 1 is 1.18 bits per heavy atom. The minimum absolute atomic E-state index is 0.158. The standard InChI is InChI=1S/C17H13ClN2O2/c1-20(14-5-3-2-4-6-14)19-10-12-11-22-16-8-7-13(18)9-15(16)17(12)21/h2-11H,1H3/b19-10+. The van der Waals surface area contributed by atoms with Gasteiger partial charge < -0.3 is 4.42 Å². The van der Waals surface area contributed by atoms with Crippen LogP contribution in [-0.4, -0.2) is 13.3 Å². The first-order valence-electron chi connectivity index (χ1n) is 6.69. The molecule has 0 aliphatic carbocycles. The predicted molar refractivity (Wildman–Crippen MR) is 89.9 cm³/mol. The third kappa shape index (κ3) is 2.87. The zero-order valence-electron chi connectivity index (χ0n) is 11.9. The van der Waals surface area contributed by atoms with Crippen molar-refractivity contribution in [3.63, 3.8) is 0 Å². The van der Waals surface area contributed by atoms with E-state index in [1.54, 1.807) is 23.2 Å². The highest BCUT2D eigenvalue weighted by Gasteiger charge is 2.06. The van der Waals surface area contributed by atoms with E-state index >= 15 is 0 Å². The fourth-order valence-electron chi connectivity index (χ4n) is 2.07. The number of nitrogens with zero attached hydrogens (tertiary/aromatic N) is 2. The molecule has 0 radical (unpaired) electrons. The summed E-state index contributed by atoms with van der Waals surface area (Å²) in [7, 11) is 1.81. The second-order valence-corrected chi connectivity index (χ2v) is 5.20. The van der Waals surface area contributed by atoms with Gasteiger partial charge in [-0.1, -0.05) is 29.8 Å². The van der Waals surface area contributed by atoms with Crippen molar-refractivity contribution >= 4 is 34.5 Å². The summed E-state index contributed by atoms with van der Waals surface area (Å²) in [4.78, 5) is 12.4. The van der Waals surface area contributed by atoms with E-state index in [9.17, 15) is 4.79 Å². The number of fused-ring (bicyclic) bond motifs is 1. The second kappa shape index (κ2) is 6.03. The van der Waals surface area contributed by atoms with Gasteiger partial charge in [-0.15, -0.1) is 0 Å². The van der Waals surface area contributed by atoms with Crippen LogP contribution in [0.1, 0.15) is 5.56 Å². The summed E-state index contributed by atoms with van der Waals surface area (Å²) in [5, 5.41) is 6.89. The minimum atomic E-state index is -0.158. The molecule has 1 aromatic heterocycles. The van der Waals surface area contributed by atoms with E-state index in [1.807, 2.05) is 37.4 Å². The van der Waals surface area contributed by atoms with Crippen LogP contribution < -0.4 is 10.4 Å². The average Bonchev–Trinajstić information content (AvgIpc) is 2.55. The second-order valence-electron chi connectivity index (χ2n) is 4.76. The third-order valence-corrected chi connectivity index (χ3v) is 3.50. The fourth-order valence-corrected chi connectivity index (χ4v) is 2.24. The first-order valence-corrected chi connectivity index (χ1v) is 7.07. The average molecular weight is 313 g/mol. The first kappa shape index (κ1) is 14.4. The summed E-state index contributed by atoms with van der Waals surface area (Å²) in [5.74, 6) is 0. The van der Waals surface area contributed by atoms with Crippen molar-refractivity contribution in [3.8, 4) is 0 Å². The van der Waals surface area contributed by atoms with E-state index in [4.69, 9.17) is 16.0 Å². The lowest BCUT2D eigenvalue weighted by Gasteiger charge is -2.11. The number of para-hydroxylation sites is 1. The Labute approximate surface area is 132 Å². The molecule has 0 aliphatic heterocycles. The normalized spacial score (nSPS) is 11.2. The van der Waals surface area contributed by atoms with Gasteiger partial charge >= 0.3 is 0 Å². The minimum Gasteiger partial charge on any atom is -0.463 e. The zero-order chi connectivity index (χ0) is 15.5. The summed E-state index contributed by atoms with van der Waals surface area (Å²) < 4.78 is 5.45. The monoisotopic (exact) mass is 312 g/mol. The van der Waals surface area contributed by atoms with Crippen LogP contribution in [0.4, 0.5) is 5.69 Å². The van der Waals surface area contributed by atoms with Gasteiger partial charge in [0.25, 0.3) is 0 Å². The number of benzene rings is 2. The van der Waals surface area contributed by atoms with Crippen LogP contribution in [0.15, 0.2) is 69.1 Å². The van der Waals surface area contributed by atoms with Gasteiger partial charge in [-0.05, 0) is 30.3 Å². The largest absolute Gasteiger partial charge is 0.463 e. The molecule has 1 heterocycles. The Morgan fingerprint density at radius 2 is 1.95 bits per heavy atom. The summed E-state index contributed by atoms with van der Waals surface area (Å²) in [6.45, 7) is 0. The molecule has 0 atom stereocenters. The van der Waals surface area contributed by atoms with Crippen LogP contribution >= 0.6 is 11.6 Å². The number of halogens is 1. The van der Waals surface area contributed by atoms with Crippen LogP contribution in [0.5, 0.6) is 0 Å². The van der Waals surface area contributed by atoms with Crippen molar-refractivity contribution in [2.45, 2.75) is 0 Å². The van der Waals surface area contributed by atoms with Crippen molar-refractivity contribution in [3.05, 3.63) is 75.6 Å². The van der Waals surface area contributed by atoms with Gasteiger partial charge in [-0.25, -0.2) is 0 Å². The SMILES string of the molecule is CN(/N=C/c1coc2ccc(Cl)cc2c1=O)c1ccccc1. The predicted octanol–water partition coefficient (Wildman–Crippen LogP) is 3.92. The Balaban J connectivity index is 1.96. The van der Waals surface area contributed by atoms with Crippen LogP contribution in [0.2, 0.25) is 5.02 Å². The molecule has 2 aromatic carbocycles. The maximum absolute atomic E-state index is 12.4. The van der Waals surface area contributed by atoms with E-state index in [-0.39, 0.29) is 5.43 Å². The molecular formula is C17H13ClN2O2. The molecule has 0 spiro atoms. The molecule has 0 amide bonds. The number of hydrogen-bond acceptors (Lipinski definition) is 4. The number of rotatable bonds is 3. The lowest BCUT2D eigenvalue weighted by atomic mass is 10.2. The molecule has 3 rings (SSSR count). The van der Waals surface area contributed by atoms with Crippen LogP contribution in [0.3, 0.4) is 0 Å². The quantitative estimate of drug-likeness (QED) is 0.544. The Hall–Kier alpha value is -2.59. The van der Waals surface area contributed by atoms with Gasteiger partial charge in [0.05, 0.1) is 22.9 Å². The highest BCUT2D eigenvalue weighted by atomic mass is 35.5. The fraction of sp³-hybridized carbons (Fsp3) is 0.0588. The van der Waals surface area contributed by atoms with Gasteiger partial charge in [-0.3, -0.25) is 9.80 Å². The van der Waals surface area contributed by atoms with E-state index in [2.05, 4.69) is 5.10 Å². The molecule has 0 saturated carbocycles. The van der Waals surface area contributed by atoms with Crippen molar-refractivity contribution in [2.75, 3.05) is 12.1 Å². The molecular weight excluding hydrogens is 300 g/mol. The summed E-state index contributed by atoms with van der Waals surface area (Å²) in [5.41, 5.74) is 1.64. The zero-order valence-corrected chi connectivity index (χ0v) is 12.6. The number of hydrogen-bond donors (Lipinski definition) is 0. The van der Waals surface area contributed by atoms with E-state index < -0.39 is 0 Å². The molecule has 22 heavy (non-hydrogen) atoms. The van der Waals surface area contributed by atoms with Crippen molar-refractivity contribution in [2.24, 2.45) is 5.10 Å². The van der Waals surface area contributed by atoms with Crippen molar-refractivity contribution in [1.29, 1.82) is 0 Å². The molecule has 0 saturated heterocycles. The first-order chi connectivity index (χ1) is 10.6. The molecule has 5 heteroatoms. The lowest BCUT2D eigenvalue weighted by molar-refractivity contribution is 0.601. The van der Waals surface area contributed by atoms with Crippen molar-refractivity contribution in [1.82, 2.24) is 0 Å². The molecule has 0 unspecified atom stereocenters. The van der Waals surface area contributed by atoms with Gasteiger partial charge in [0.2, 0.25) is 5.43 Å². The lowest BCUT2D eigenvalue weighted by Crippen LogP contribution is -2.12. The van der Waals surface area contributed by atoms with E-state index in [0.717, 1.165) is 5.69 Å². The van der Waals surface area contributed by atoms with Crippen LogP contribution in [0, 0.1) is 0 Å². The number of anilines is 1. The molecule has 0 N–H and O–H groups in total. The van der Waals surface area contributed by atoms with Gasteiger partial charge in [-0.2, -0.15) is 5.10 Å². The maximum atomic E-state index is 12.4.